The summed E-state index contributed by atoms with van der Waals surface area (Å²) in [6.45, 7) is 8.37. The van der Waals surface area contributed by atoms with E-state index in [9.17, 15) is 9.59 Å². The second kappa shape index (κ2) is 10.0. The third kappa shape index (κ3) is 5.58. The molecule has 0 saturated heterocycles. The number of esters is 1. The molecule has 1 aromatic carbocycles. The van der Waals surface area contributed by atoms with Crippen LogP contribution in [0, 0.1) is 13.8 Å². The number of thiazole rings is 1. The maximum absolute atomic E-state index is 12.4. The molecule has 8 heteroatoms. The summed E-state index contributed by atoms with van der Waals surface area (Å²) in [5, 5.41) is 7.04. The number of nitrogens with one attached hydrogen (secondary N) is 1. The first kappa shape index (κ1) is 22.2. The van der Waals surface area contributed by atoms with Crippen molar-refractivity contribution in [2.75, 3.05) is 17.7 Å². The van der Waals surface area contributed by atoms with Gasteiger partial charge in [0, 0.05) is 10.8 Å². The van der Waals surface area contributed by atoms with Crippen LogP contribution in [0.5, 0.6) is 0 Å². The van der Waals surface area contributed by atoms with Crippen molar-refractivity contribution >= 4 is 51.0 Å². The number of rotatable bonds is 8. The van der Waals surface area contributed by atoms with E-state index in [2.05, 4.69) is 49.3 Å². The molecule has 2 aromatic heterocycles. The molecule has 0 aliphatic rings. The highest BCUT2D eigenvalue weighted by Crippen LogP contribution is 2.27. The fourth-order valence-electron chi connectivity index (χ4n) is 2.94. The summed E-state index contributed by atoms with van der Waals surface area (Å²) in [5.41, 5.74) is 5.13. The molecule has 3 aromatic rings. The maximum Gasteiger partial charge on any atom is 0.311 e. The van der Waals surface area contributed by atoms with Gasteiger partial charge in [-0.3, -0.25) is 9.59 Å². The van der Waals surface area contributed by atoms with Gasteiger partial charge in [0.2, 0.25) is 5.91 Å². The molecule has 158 valence electrons. The summed E-state index contributed by atoms with van der Waals surface area (Å²) in [6, 6.07) is 6.42. The molecule has 0 radical (unpaired) electrons. The van der Waals surface area contributed by atoms with Crippen LogP contribution in [0.4, 0.5) is 5.13 Å². The molecule has 0 saturated carbocycles. The van der Waals surface area contributed by atoms with E-state index in [0.717, 1.165) is 27.9 Å². The lowest BCUT2D eigenvalue weighted by Crippen LogP contribution is -2.14. The van der Waals surface area contributed by atoms with Gasteiger partial charge in [-0.25, -0.2) is 9.97 Å². The van der Waals surface area contributed by atoms with Crippen molar-refractivity contribution in [2.45, 2.75) is 45.6 Å². The molecule has 0 aliphatic heterocycles. The summed E-state index contributed by atoms with van der Waals surface area (Å²) in [5.74, 6) is -0.236. The Labute approximate surface area is 184 Å². The van der Waals surface area contributed by atoms with Gasteiger partial charge in [-0.2, -0.15) is 0 Å². The van der Waals surface area contributed by atoms with Gasteiger partial charge in [0.25, 0.3) is 0 Å². The number of aryl methyl sites for hydroxylation is 3. The van der Waals surface area contributed by atoms with Gasteiger partial charge in [-0.1, -0.05) is 18.7 Å². The molecule has 0 unspecified atom stereocenters. The Hall–Kier alpha value is -2.45. The predicted octanol–water partition coefficient (Wildman–Crippen LogP) is 4.71. The average molecular weight is 444 g/mol. The third-order valence-corrected chi connectivity index (χ3v) is 6.46. The van der Waals surface area contributed by atoms with E-state index in [-0.39, 0.29) is 24.1 Å². The molecular formula is C22H25N3O3S2. The van der Waals surface area contributed by atoms with Gasteiger partial charge in [0.05, 0.1) is 30.0 Å². The highest BCUT2D eigenvalue weighted by Gasteiger charge is 2.13. The first-order valence-electron chi connectivity index (χ1n) is 9.83. The van der Waals surface area contributed by atoms with Crippen molar-refractivity contribution in [2.24, 2.45) is 0 Å². The van der Waals surface area contributed by atoms with Gasteiger partial charge in [-0.15, -0.1) is 11.3 Å². The fourth-order valence-corrected chi connectivity index (χ4v) is 4.56. The lowest BCUT2D eigenvalue weighted by molar-refractivity contribution is -0.142. The minimum atomic E-state index is -0.323. The number of carbonyl (C=O) groups is 2. The minimum Gasteiger partial charge on any atom is -0.466 e. The third-order valence-electron chi connectivity index (χ3n) is 4.62. The number of hydrogen-bond donors (Lipinski definition) is 1. The minimum absolute atomic E-state index is 0.106. The second-order valence-electron chi connectivity index (χ2n) is 6.90. The highest BCUT2D eigenvalue weighted by molar-refractivity contribution is 8.00. The summed E-state index contributed by atoms with van der Waals surface area (Å²) < 4.78 is 4.92. The summed E-state index contributed by atoms with van der Waals surface area (Å²) in [7, 11) is 0. The smallest absolute Gasteiger partial charge is 0.311 e. The van der Waals surface area contributed by atoms with Crippen LogP contribution in [0.3, 0.4) is 0 Å². The zero-order valence-corrected chi connectivity index (χ0v) is 19.2. The van der Waals surface area contributed by atoms with Gasteiger partial charge < -0.3 is 10.1 Å². The van der Waals surface area contributed by atoms with Crippen molar-refractivity contribution in [3.63, 3.8) is 0 Å². The van der Waals surface area contributed by atoms with Gasteiger partial charge in [0.1, 0.15) is 5.03 Å². The molecule has 0 bridgehead atoms. The molecule has 0 fully saturated rings. The van der Waals surface area contributed by atoms with Crippen LogP contribution in [0.1, 0.15) is 36.2 Å². The first-order chi connectivity index (χ1) is 14.4. The van der Waals surface area contributed by atoms with Crippen LogP contribution >= 0.6 is 23.1 Å². The standard InChI is InChI=1S/C22H25N3O3S2/c1-5-15-9-16-7-13(3)14(4)8-18(16)24-21(15)29-12-19(26)25-22-23-17(11-30-22)10-20(27)28-6-2/h7-9,11H,5-6,10,12H2,1-4H3,(H,23,25,26). The zero-order valence-electron chi connectivity index (χ0n) is 17.6. The van der Waals surface area contributed by atoms with E-state index in [1.807, 2.05) is 0 Å². The lowest BCUT2D eigenvalue weighted by atomic mass is 10.0. The van der Waals surface area contributed by atoms with Crippen molar-refractivity contribution in [3.05, 3.63) is 46.0 Å². The van der Waals surface area contributed by atoms with Crippen LogP contribution < -0.4 is 5.32 Å². The average Bonchev–Trinajstić information content (AvgIpc) is 3.13. The number of fused-ring (bicyclic) bond motifs is 1. The Morgan fingerprint density at radius 1 is 1.13 bits per heavy atom. The first-order valence-corrected chi connectivity index (χ1v) is 11.7. The summed E-state index contributed by atoms with van der Waals surface area (Å²) >= 11 is 2.72. The molecule has 1 amide bonds. The van der Waals surface area contributed by atoms with E-state index >= 15 is 0 Å². The monoisotopic (exact) mass is 443 g/mol. The van der Waals surface area contributed by atoms with E-state index in [1.54, 1.807) is 12.3 Å². The number of carbonyl (C=O) groups excluding carboxylic acids is 2. The highest BCUT2D eigenvalue weighted by atomic mass is 32.2. The number of aromatic nitrogens is 2. The van der Waals surface area contributed by atoms with Gasteiger partial charge in [-0.05, 0) is 62.1 Å². The lowest BCUT2D eigenvalue weighted by Gasteiger charge is -2.10. The molecule has 0 atom stereocenters. The molecule has 0 aliphatic carbocycles. The van der Waals surface area contributed by atoms with E-state index in [4.69, 9.17) is 9.72 Å². The second-order valence-corrected chi connectivity index (χ2v) is 8.72. The SMILES string of the molecule is CCOC(=O)Cc1csc(NC(=O)CSc2nc3cc(C)c(C)cc3cc2CC)n1. The molecule has 0 spiro atoms. The number of hydrogen-bond acceptors (Lipinski definition) is 7. The van der Waals surface area contributed by atoms with Crippen molar-refractivity contribution in [1.29, 1.82) is 0 Å². The summed E-state index contributed by atoms with van der Waals surface area (Å²) in [6.07, 6.45) is 0.957. The van der Waals surface area contributed by atoms with E-state index in [1.165, 1.54) is 34.2 Å². The number of anilines is 1. The predicted molar refractivity (Wildman–Crippen MR) is 122 cm³/mol. The van der Waals surface area contributed by atoms with Crippen LogP contribution in [0.25, 0.3) is 10.9 Å². The van der Waals surface area contributed by atoms with Gasteiger partial charge in [0.15, 0.2) is 5.13 Å². The largest absolute Gasteiger partial charge is 0.466 e. The number of nitrogens with zero attached hydrogens (tertiary/aromatic N) is 2. The van der Waals surface area contributed by atoms with Crippen molar-refractivity contribution in [3.8, 4) is 0 Å². The molecule has 3 rings (SSSR count). The number of amides is 1. The van der Waals surface area contributed by atoms with Gasteiger partial charge >= 0.3 is 5.97 Å². The fraction of sp³-hybridized carbons (Fsp3) is 0.364. The van der Waals surface area contributed by atoms with Crippen LogP contribution in [-0.4, -0.2) is 34.2 Å². The van der Waals surface area contributed by atoms with Crippen LogP contribution in [0.2, 0.25) is 0 Å². The quantitative estimate of drug-likeness (QED) is 0.401. The van der Waals surface area contributed by atoms with E-state index < -0.39 is 0 Å². The van der Waals surface area contributed by atoms with Crippen LogP contribution in [-0.2, 0) is 27.2 Å². The van der Waals surface area contributed by atoms with E-state index in [0.29, 0.717) is 17.4 Å². The Kier molecular flexibility index (Phi) is 7.44. The Morgan fingerprint density at radius 3 is 2.63 bits per heavy atom. The number of benzene rings is 1. The molecule has 1 N–H and O–H groups in total. The number of ether oxygens (including phenoxy) is 1. The molecule has 30 heavy (non-hydrogen) atoms. The maximum atomic E-state index is 12.4. The summed E-state index contributed by atoms with van der Waals surface area (Å²) in [4.78, 5) is 33.0. The molecular weight excluding hydrogens is 418 g/mol. The van der Waals surface area contributed by atoms with Crippen molar-refractivity contribution < 1.29 is 14.3 Å². The molecule has 6 nitrogen and oxygen atoms in total. The Morgan fingerprint density at radius 2 is 1.90 bits per heavy atom. The van der Waals surface area contributed by atoms with Crippen molar-refractivity contribution in [1.82, 2.24) is 9.97 Å². The number of thioether (sulfide) groups is 1. The zero-order chi connectivity index (χ0) is 21.7. The number of pyridine rings is 1. The Balaban J connectivity index is 1.64. The Bertz CT molecular complexity index is 1080. The van der Waals surface area contributed by atoms with Crippen LogP contribution in [0.15, 0.2) is 28.6 Å². The molecule has 2 heterocycles. The normalized spacial score (nSPS) is 10.9. The topological polar surface area (TPSA) is 81.2 Å².